The van der Waals surface area contributed by atoms with Gasteiger partial charge in [0, 0.05) is 30.7 Å². The highest BCUT2D eigenvalue weighted by Gasteiger charge is 2.25. The van der Waals surface area contributed by atoms with Crippen LogP contribution in [0.4, 0.5) is 10.5 Å². The molecule has 0 bridgehead atoms. The maximum absolute atomic E-state index is 12.5. The van der Waals surface area contributed by atoms with Crippen LogP contribution in [0.3, 0.4) is 0 Å². The number of alkyl carbamates (subject to hydrolysis) is 1. The molecule has 2 N–H and O–H groups in total. The fourth-order valence-electron chi connectivity index (χ4n) is 3.21. The summed E-state index contributed by atoms with van der Waals surface area (Å²) in [5.74, 6) is 0.597. The van der Waals surface area contributed by atoms with E-state index in [1.54, 1.807) is 48.7 Å². The third-order valence-corrected chi connectivity index (χ3v) is 4.54. The van der Waals surface area contributed by atoms with Crippen molar-refractivity contribution in [1.82, 2.24) is 5.32 Å². The first-order valence-corrected chi connectivity index (χ1v) is 11.6. The van der Waals surface area contributed by atoms with E-state index in [0.717, 1.165) is 11.3 Å². The number of carbonyl (C=O) groups is 2. The zero-order valence-electron chi connectivity index (χ0n) is 20.9. The van der Waals surface area contributed by atoms with E-state index in [2.05, 4.69) is 5.32 Å². The van der Waals surface area contributed by atoms with Gasteiger partial charge in [0.2, 0.25) is 0 Å². The maximum atomic E-state index is 12.5. The lowest BCUT2D eigenvalue weighted by atomic mass is 10.0. The van der Waals surface area contributed by atoms with Crippen molar-refractivity contribution in [1.29, 1.82) is 0 Å². The number of aliphatic hydroxyl groups is 1. The van der Waals surface area contributed by atoms with Crippen LogP contribution >= 0.6 is 11.6 Å². The zero-order valence-corrected chi connectivity index (χ0v) is 21.6. The molecule has 0 saturated heterocycles. The molecule has 0 heterocycles. The van der Waals surface area contributed by atoms with E-state index in [9.17, 15) is 14.7 Å². The molecule has 1 amide bonds. The summed E-state index contributed by atoms with van der Waals surface area (Å²) in [6.07, 6.45) is -0.342. The van der Waals surface area contributed by atoms with Crippen LogP contribution in [0, 0.1) is 0 Å². The van der Waals surface area contributed by atoms with Gasteiger partial charge in [-0.05, 0) is 71.7 Å². The maximum Gasteiger partial charge on any atom is 0.407 e. The molecule has 0 spiro atoms. The molecule has 1 rings (SSSR count). The first-order chi connectivity index (χ1) is 15.3. The summed E-state index contributed by atoms with van der Waals surface area (Å²) < 4.78 is 16.4. The van der Waals surface area contributed by atoms with Crippen molar-refractivity contribution < 1.29 is 28.9 Å². The number of benzene rings is 1. The number of aliphatic hydroxyl groups excluding tert-OH is 1. The van der Waals surface area contributed by atoms with Crippen LogP contribution < -0.4 is 15.0 Å². The second-order valence-electron chi connectivity index (χ2n) is 9.73. The topological polar surface area (TPSA) is 97.3 Å². The van der Waals surface area contributed by atoms with Crippen molar-refractivity contribution in [2.75, 3.05) is 37.6 Å². The average molecular weight is 487 g/mol. The SMILES string of the molecule is COc1ccc(N(CCO)CCCl)cc1C[C@@H](CC(=O)OC(C)(C)C)NC(=O)OC(C)(C)C. The molecule has 0 unspecified atom stereocenters. The van der Waals surface area contributed by atoms with Crippen LogP contribution in [0.25, 0.3) is 0 Å². The molecule has 1 atom stereocenters. The van der Waals surface area contributed by atoms with Crippen LogP contribution in [0.1, 0.15) is 53.5 Å². The van der Waals surface area contributed by atoms with Crippen molar-refractivity contribution in [3.63, 3.8) is 0 Å². The van der Waals surface area contributed by atoms with Gasteiger partial charge in [-0.25, -0.2) is 4.79 Å². The summed E-state index contributed by atoms with van der Waals surface area (Å²) in [4.78, 5) is 26.9. The number of nitrogens with one attached hydrogen (secondary N) is 1. The average Bonchev–Trinajstić information content (AvgIpc) is 2.64. The van der Waals surface area contributed by atoms with E-state index in [1.807, 2.05) is 23.1 Å². The second-order valence-corrected chi connectivity index (χ2v) is 10.1. The summed E-state index contributed by atoms with van der Waals surface area (Å²) in [5.41, 5.74) is 0.327. The fraction of sp³-hybridized carbons (Fsp3) is 0.667. The first kappa shape index (κ1) is 28.8. The summed E-state index contributed by atoms with van der Waals surface area (Å²) in [6, 6.07) is 5.04. The van der Waals surface area contributed by atoms with E-state index < -0.39 is 29.3 Å². The molecule has 0 radical (unpaired) electrons. The number of methoxy groups -OCH3 is 1. The van der Waals surface area contributed by atoms with Gasteiger partial charge in [-0.3, -0.25) is 4.79 Å². The van der Waals surface area contributed by atoms with Crippen molar-refractivity contribution in [2.45, 2.75) is 71.6 Å². The number of ether oxygens (including phenoxy) is 3. The van der Waals surface area contributed by atoms with Crippen LogP contribution in [0.2, 0.25) is 0 Å². The molecule has 9 heteroatoms. The van der Waals surface area contributed by atoms with E-state index in [0.29, 0.717) is 31.1 Å². The van der Waals surface area contributed by atoms with E-state index in [1.165, 1.54) is 0 Å². The Bertz CT molecular complexity index is 737. The predicted octanol–water partition coefficient (Wildman–Crippen LogP) is 3.90. The molecular formula is C24H39ClN2O6. The fourth-order valence-corrected chi connectivity index (χ4v) is 3.42. The number of halogens is 1. The molecule has 0 aliphatic heterocycles. The number of hydrogen-bond donors (Lipinski definition) is 2. The summed E-state index contributed by atoms with van der Waals surface area (Å²) in [5, 5.41) is 12.2. The minimum Gasteiger partial charge on any atom is -0.496 e. The van der Waals surface area contributed by atoms with Gasteiger partial charge in [0.25, 0.3) is 0 Å². The van der Waals surface area contributed by atoms with Gasteiger partial charge in [-0.2, -0.15) is 0 Å². The Morgan fingerprint density at radius 3 is 2.24 bits per heavy atom. The summed E-state index contributed by atoms with van der Waals surface area (Å²) >= 11 is 5.92. The Labute approximate surface area is 202 Å². The Kier molecular flexibility index (Phi) is 11.3. The summed E-state index contributed by atoms with van der Waals surface area (Å²) in [6.45, 7) is 11.7. The number of alkyl halides is 1. The zero-order chi connectivity index (χ0) is 25.2. The lowest BCUT2D eigenvalue weighted by Gasteiger charge is -2.27. The van der Waals surface area contributed by atoms with Gasteiger partial charge < -0.3 is 29.5 Å². The number of amides is 1. The van der Waals surface area contributed by atoms with Gasteiger partial charge in [-0.1, -0.05) is 0 Å². The molecule has 188 valence electrons. The normalized spacial score (nSPS) is 12.6. The van der Waals surface area contributed by atoms with Crippen LogP contribution in [0.5, 0.6) is 5.75 Å². The highest BCUT2D eigenvalue weighted by molar-refractivity contribution is 6.18. The standard InChI is InChI=1S/C24H39ClN2O6/c1-23(2,3)32-21(29)16-18(26-22(30)33-24(4,5)6)14-17-15-19(8-9-20(17)31-7)27(11-10-25)12-13-28/h8-9,15,18,28H,10-14,16H2,1-7H3,(H,26,30)/t18-/m0/s1. The molecule has 33 heavy (non-hydrogen) atoms. The molecule has 1 aromatic carbocycles. The van der Waals surface area contributed by atoms with Crippen molar-refractivity contribution in [3.05, 3.63) is 23.8 Å². The molecule has 1 aromatic rings. The van der Waals surface area contributed by atoms with Crippen LogP contribution in [0.15, 0.2) is 18.2 Å². The number of nitrogens with zero attached hydrogens (tertiary/aromatic N) is 1. The van der Waals surface area contributed by atoms with E-state index in [-0.39, 0.29) is 13.0 Å². The molecule has 0 aromatic heterocycles. The Morgan fingerprint density at radius 2 is 1.73 bits per heavy atom. The number of esters is 1. The molecule has 0 aliphatic carbocycles. The lowest BCUT2D eigenvalue weighted by molar-refractivity contribution is -0.155. The Hall–Kier alpha value is -2.19. The molecule has 0 saturated carbocycles. The van der Waals surface area contributed by atoms with E-state index >= 15 is 0 Å². The predicted molar refractivity (Wildman–Crippen MR) is 130 cm³/mol. The highest BCUT2D eigenvalue weighted by atomic mass is 35.5. The third kappa shape index (κ3) is 11.5. The number of hydrogen-bond acceptors (Lipinski definition) is 7. The third-order valence-electron chi connectivity index (χ3n) is 4.37. The highest BCUT2D eigenvalue weighted by Crippen LogP contribution is 2.27. The van der Waals surface area contributed by atoms with Crippen molar-refractivity contribution >= 4 is 29.4 Å². The van der Waals surface area contributed by atoms with Gasteiger partial charge in [0.1, 0.15) is 17.0 Å². The number of carbonyl (C=O) groups excluding carboxylic acids is 2. The van der Waals surface area contributed by atoms with Crippen molar-refractivity contribution in [2.24, 2.45) is 0 Å². The quantitative estimate of drug-likeness (QED) is 0.361. The lowest BCUT2D eigenvalue weighted by Crippen LogP contribution is -2.42. The van der Waals surface area contributed by atoms with Crippen LogP contribution in [-0.4, -0.2) is 67.1 Å². The smallest absolute Gasteiger partial charge is 0.407 e. The van der Waals surface area contributed by atoms with Gasteiger partial charge >= 0.3 is 12.1 Å². The summed E-state index contributed by atoms with van der Waals surface area (Å²) in [7, 11) is 1.56. The monoisotopic (exact) mass is 486 g/mol. The van der Waals surface area contributed by atoms with Gasteiger partial charge in [-0.15, -0.1) is 11.6 Å². The second kappa shape index (κ2) is 12.9. The van der Waals surface area contributed by atoms with Crippen molar-refractivity contribution in [3.8, 4) is 5.75 Å². The number of rotatable bonds is 11. The molecule has 8 nitrogen and oxygen atoms in total. The molecular weight excluding hydrogens is 448 g/mol. The molecule has 0 fully saturated rings. The molecule has 0 aliphatic rings. The number of anilines is 1. The van der Waals surface area contributed by atoms with E-state index in [4.69, 9.17) is 25.8 Å². The van der Waals surface area contributed by atoms with Crippen LogP contribution in [-0.2, 0) is 20.7 Å². The Balaban J connectivity index is 3.20. The van der Waals surface area contributed by atoms with Gasteiger partial charge in [0.15, 0.2) is 0 Å². The minimum absolute atomic E-state index is 0.0142. The van der Waals surface area contributed by atoms with Gasteiger partial charge in [0.05, 0.1) is 20.1 Å². The largest absolute Gasteiger partial charge is 0.496 e. The minimum atomic E-state index is -0.676. The Morgan fingerprint density at radius 1 is 1.09 bits per heavy atom. The first-order valence-electron chi connectivity index (χ1n) is 11.1.